The van der Waals surface area contributed by atoms with Crippen molar-refractivity contribution in [3.63, 3.8) is 0 Å². The van der Waals surface area contributed by atoms with E-state index in [1.165, 1.54) is 32.2 Å². The van der Waals surface area contributed by atoms with E-state index >= 15 is 0 Å². The number of nitrogens with one attached hydrogen (secondary N) is 3. The zero-order valence-electron chi connectivity index (χ0n) is 25.6. The number of halogens is 1. The normalized spacial score (nSPS) is 15.3. The fourth-order valence-electron chi connectivity index (χ4n) is 6.54. The van der Waals surface area contributed by atoms with Crippen LogP contribution in [0.1, 0.15) is 41.8 Å². The Balaban J connectivity index is 1.33. The fraction of sp³-hybridized carbons (Fsp3) is 0.324. The van der Waals surface area contributed by atoms with E-state index in [4.69, 9.17) is 14.2 Å². The maximum absolute atomic E-state index is 14.0. The molecule has 234 valence electrons. The van der Waals surface area contributed by atoms with Crippen LogP contribution in [0.2, 0.25) is 0 Å². The second-order valence-electron chi connectivity index (χ2n) is 11.3. The Bertz CT molecular complexity index is 1890. The zero-order chi connectivity index (χ0) is 31.8. The molecule has 2 amide bonds. The summed E-state index contributed by atoms with van der Waals surface area (Å²) in [4.78, 5) is 44.2. The number of carbonyl (C=O) groups excluding carboxylic acids is 2. The van der Waals surface area contributed by atoms with Gasteiger partial charge >= 0.3 is 0 Å². The highest BCUT2D eigenvalue weighted by Gasteiger charge is 2.30. The Morgan fingerprint density at radius 2 is 1.82 bits per heavy atom. The van der Waals surface area contributed by atoms with Crippen molar-refractivity contribution in [2.75, 3.05) is 39.7 Å². The van der Waals surface area contributed by atoms with Gasteiger partial charge in [-0.2, -0.15) is 0 Å². The maximum Gasteiger partial charge on any atom is 0.242 e. The predicted molar refractivity (Wildman–Crippen MR) is 169 cm³/mol. The first-order chi connectivity index (χ1) is 21.7. The van der Waals surface area contributed by atoms with Gasteiger partial charge in [-0.05, 0) is 65.9 Å². The van der Waals surface area contributed by atoms with Gasteiger partial charge in [0.15, 0.2) is 11.5 Å². The van der Waals surface area contributed by atoms with Gasteiger partial charge in [-0.1, -0.05) is 6.07 Å². The van der Waals surface area contributed by atoms with Crippen molar-refractivity contribution < 1.29 is 28.2 Å². The first-order valence-corrected chi connectivity index (χ1v) is 14.8. The lowest BCUT2D eigenvalue weighted by molar-refractivity contribution is -0.130. The minimum Gasteiger partial charge on any atom is -0.493 e. The molecule has 3 N–H and O–H groups in total. The number of amides is 2. The Hall–Kier alpha value is -5.06. The highest BCUT2D eigenvalue weighted by Crippen LogP contribution is 2.50. The number of carbonyl (C=O) groups is 2. The number of hydrogen-bond acceptors (Lipinski definition) is 7. The van der Waals surface area contributed by atoms with Crippen molar-refractivity contribution in [3.8, 4) is 28.4 Å². The SMILES string of the molecule is COc1cc2c(c(OC)c1OC)-c1ccc(NCC(=O)N3CCc4[nH]c5ccc(F)cc5c4C3)c(=O)cc1[C@@H](NC(C)=O)CC2. The topological polar surface area (TPSA) is 122 Å². The molecule has 1 aromatic heterocycles. The molecule has 0 saturated heterocycles. The van der Waals surface area contributed by atoms with Crippen LogP contribution in [0, 0.1) is 5.82 Å². The van der Waals surface area contributed by atoms with Gasteiger partial charge in [-0.3, -0.25) is 14.4 Å². The molecule has 0 radical (unpaired) electrons. The molecular formula is C34H35FN4O6. The molecular weight excluding hydrogens is 579 g/mol. The van der Waals surface area contributed by atoms with E-state index in [9.17, 15) is 18.8 Å². The quantitative estimate of drug-likeness (QED) is 0.281. The third kappa shape index (κ3) is 5.54. The molecule has 10 nitrogen and oxygen atoms in total. The van der Waals surface area contributed by atoms with Crippen molar-refractivity contribution in [3.05, 3.63) is 80.9 Å². The molecule has 2 aliphatic rings. The molecule has 11 heteroatoms. The number of ether oxygens (including phenoxy) is 3. The predicted octanol–water partition coefficient (Wildman–Crippen LogP) is 4.48. The summed E-state index contributed by atoms with van der Waals surface area (Å²) in [6.45, 7) is 2.20. The van der Waals surface area contributed by atoms with Crippen LogP contribution < -0.4 is 30.3 Å². The van der Waals surface area contributed by atoms with Gasteiger partial charge in [-0.25, -0.2) is 4.39 Å². The van der Waals surface area contributed by atoms with Crippen LogP contribution in [0.25, 0.3) is 22.0 Å². The number of aryl methyl sites for hydroxylation is 1. The standard InChI is InChI=1S/C34H35FN4O6/c1-18(40)37-25-8-5-19-13-30(43-2)33(44-3)34(45-4)32(19)21-7-10-28(29(41)15-23(21)25)36-16-31(42)39-12-11-27-24(17-39)22-14-20(35)6-9-26(22)38-27/h6-7,9-10,13-15,25,38H,5,8,11-12,16-17H2,1-4H3,(H,36,41)(H,37,40)/t25-/m0/s1. The Morgan fingerprint density at radius 3 is 2.56 bits per heavy atom. The molecule has 0 saturated carbocycles. The number of aromatic nitrogens is 1. The van der Waals surface area contributed by atoms with Gasteiger partial charge in [0.25, 0.3) is 0 Å². The first kappa shape index (κ1) is 30.0. The number of anilines is 1. The lowest BCUT2D eigenvalue weighted by Gasteiger charge is -2.27. The van der Waals surface area contributed by atoms with E-state index in [2.05, 4.69) is 15.6 Å². The summed E-state index contributed by atoms with van der Waals surface area (Å²) >= 11 is 0. The Labute approximate surface area is 259 Å². The number of H-pyrrole nitrogens is 1. The molecule has 45 heavy (non-hydrogen) atoms. The average Bonchev–Trinajstić information content (AvgIpc) is 3.22. The lowest BCUT2D eigenvalue weighted by Crippen LogP contribution is -2.39. The van der Waals surface area contributed by atoms with Gasteiger partial charge in [0.05, 0.1) is 39.6 Å². The number of hydrogen-bond donors (Lipinski definition) is 3. The third-order valence-corrected chi connectivity index (χ3v) is 8.64. The lowest BCUT2D eigenvalue weighted by atomic mass is 9.95. The third-order valence-electron chi connectivity index (χ3n) is 8.64. The van der Waals surface area contributed by atoms with Gasteiger partial charge in [0, 0.05) is 54.2 Å². The zero-order valence-corrected chi connectivity index (χ0v) is 25.6. The van der Waals surface area contributed by atoms with E-state index in [1.807, 2.05) is 12.1 Å². The van der Waals surface area contributed by atoms with E-state index < -0.39 is 6.04 Å². The monoisotopic (exact) mass is 614 g/mol. The summed E-state index contributed by atoms with van der Waals surface area (Å²) in [5, 5.41) is 6.81. The number of benzene rings is 2. The van der Waals surface area contributed by atoms with Gasteiger partial charge < -0.3 is 34.7 Å². The van der Waals surface area contributed by atoms with Crippen LogP contribution in [0.3, 0.4) is 0 Å². The summed E-state index contributed by atoms with van der Waals surface area (Å²) < 4.78 is 31.0. The van der Waals surface area contributed by atoms with Crippen molar-refractivity contribution in [2.45, 2.75) is 38.8 Å². The molecule has 2 heterocycles. The van der Waals surface area contributed by atoms with Crippen molar-refractivity contribution >= 4 is 28.4 Å². The number of nitrogens with zero attached hydrogens (tertiary/aromatic N) is 1. The maximum atomic E-state index is 14.0. The van der Waals surface area contributed by atoms with E-state index in [0.717, 1.165) is 33.3 Å². The molecule has 4 aromatic rings. The van der Waals surface area contributed by atoms with E-state index in [0.29, 0.717) is 60.7 Å². The Morgan fingerprint density at radius 1 is 1.02 bits per heavy atom. The molecule has 0 bridgehead atoms. The highest BCUT2D eigenvalue weighted by atomic mass is 19.1. The number of aromatic amines is 1. The second-order valence-corrected chi connectivity index (χ2v) is 11.3. The summed E-state index contributed by atoms with van der Waals surface area (Å²) in [7, 11) is 4.63. The average molecular weight is 615 g/mol. The fourth-order valence-corrected chi connectivity index (χ4v) is 6.54. The minimum absolute atomic E-state index is 0.101. The molecule has 0 fully saturated rings. The molecule has 1 aliphatic carbocycles. The van der Waals surface area contributed by atoms with Crippen LogP contribution >= 0.6 is 0 Å². The van der Waals surface area contributed by atoms with Crippen LogP contribution in [0.15, 0.2) is 47.3 Å². The van der Waals surface area contributed by atoms with Crippen molar-refractivity contribution in [1.29, 1.82) is 0 Å². The minimum atomic E-state index is -0.440. The number of fused-ring (bicyclic) bond motifs is 6. The molecule has 1 aliphatic heterocycles. The molecule has 0 unspecified atom stereocenters. The van der Waals surface area contributed by atoms with Crippen molar-refractivity contribution in [2.24, 2.45) is 0 Å². The summed E-state index contributed by atoms with van der Waals surface area (Å²) in [5.74, 6) is 0.667. The van der Waals surface area contributed by atoms with Gasteiger partial charge in [0.1, 0.15) is 5.82 Å². The smallest absolute Gasteiger partial charge is 0.242 e. The molecule has 1 atom stereocenters. The van der Waals surface area contributed by atoms with Crippen LogP contribution in [-0.2, 0) is 29.0 Å². The van der Waals surface area contributed by atoms with Crippen LogP contribution in [-0.4, -0.2) is 56.1 Å². The molecule has 0 spiro atoms. The van der Waals surface area contributed by atoms with Gasteiger partial charge in [0.2, 0.25) is 23.0 Å². The largest absolute Gasteiger partial charge is 0.493 e. The van der Waals surface area contributed by atoms with Crippen LogP contribution in [0.5, 0.6) is 17.2 Å². The van der Waals surface area contributed by atoms with Crippen molar-refractivity contribution in [1.82, 2.24) is 15.2 Å². The summed E-state index contributed by atoms with van der Waals surface area (Å²) in [6.07, 6.45) is 1.75. The van der Waals surface area contributed by atoms with E-state index in [-0.39, 0.29) is 35.3 Å². The second kappa shape index (κ2) is 12.1. The van der Waals surface area contributed by atoms with E-state index in [1.54, 1.807) is 31.3 Å². The van der Waals surface area contributed by atoms with Gasteiger partial charge in [-0.15, -0.1) is 0 Å². The number of methoxy groups -OCH3 is 3. The molecule has 6 rings (SSSR count). The Kier molecular flexibility index (Phi) is 8.09. The highest BCUT2D eigenvalue weighted by molar-refractivity contribution is 5.87. The summed E-state index contributed by atoms with van der Waals surface area (Å²) in [6, 6.07) is 11.0. The van der Waals surface area contributed by atoms with Crippen LogP contribution in [0.4, 0.5) is 10.1 Å². The summed E-state index contributed by atoms with van der Waals surface area (Å²) in [5.41, 5.74) is 5.67. The first-order valence-electron chi connectivity index (χ1n) is 14.8. The number of rotatable bonds is 7. The molecule has 3 aromatic carbocycles.